The molecule has 234 valence electrons. The van der Waals surface area contributed by atoms with Gasteiger partial charge in [-0.05, 0) is 31.2 Å². The maximum atomic E-state index is 13.8. The minimum atomic E-state index is -1.85. The maximum absolute atomic E-state index is 13.8. The molecule has 0 spiro atoms. The number of aromatic hydroxyl groups is 1. The van der Waals surface area contributed by atoms with Crippen molar-refractivity contribution >= 4 is 11.0 Å². The van der Waals surface area contributed by atoms with Crippen LogP contribution in [0.3, 0.4) is 0 Å². The molecule has 43 heavy (non-hydrogen) atoms. The summed E-state index contributed by atoms with van der Waals surface area (Å²) in [5.74, 6) is -1.10. The van der Waals surface area contributed by atoms with Crippen LogP contribution in [0.25, 0.3) is 22.3 Å². The van der Waals surface area contributed by atoms with Crippen molar-refractivity contribution in [2.45, 2.75) is 68.3 Å². The second kappa shape index (κ2) is 12.2. The fourth-order valence-electron chi connectivity index (χ4n) is 4.95. The normalized spacial score (nSPS) is 32.9. The monoisotopic (exact) mass is 608 g/mol. The van der Waals surface area contributed by atoms with E-state index in [0.29, 0.717) is 5.75 Å². The zero-order valence-electron chi connectivity index (χ0n) is 22.9. The van der Waals surface area contributed by atoms with Crippen LogP contribution in [0, 0.1) is 0 Å². The molecule has 2 fully saturated rings. The van der Waals surface area contributed by atoms with E-state index in [2.05, 4.69) is 0 Å². The highest BCUT2D eigenvalue weighted by atomic mass is 16.7. The first kappa shape index (κ1) is 30.9. The summed E-state index contributed by atoms with van der Waals surface area (Å²) >= 11 is 0. The Morgan fingerprint density at radius 2 is 1.53 bits per heavy atom. The Hall–Kier alpha value is -3.51. The molecule has 2 aromatic carbocycles. The predicted molar refractivity (Wildman–Crippen MR) is 144 cm³/mol. The van der Waals surface area contributed by atoms with E-state index in [1.165, 1.54) is 32.2 Å². The molecule has 0 bridgehead atoms. The number of phenolic OH excluding ortho intramolecular Hbond substituents is 1. The Morgan fingerprint density at radius 3 is 2.19 bits per heavy atom. The lowest BCUT2D eigenvalue weighted by atomic mass is 9.99. The van der Waals surface area contributed by atoms with Crippen LogP contribution in [0.4, 0.5) is 0 Å². The largest absolute Gasteiger partial charge is 0.507 e. The quantitative estimate of drug-likeness (QED) is 0.153. The molecule has 10 unspecified atom stereocenters. The molecule has 2 aliphatic heterocycles. The zero-order chi connectivity index (χ0) is 31.2. The Bertz CT molecular complexity index is 1490. The van der Waals surface area contributed by atoms with Gasteiger partial charge in [-0.1, -0.05) is 0 Å². The van der Waals surface area contributed by atoms with Crippen molar-refractivity contribution in [2.24, 2.45) is 0 Å². The minimum Gasteiger partial charge on any atom is -0.507 e. The number of ether oxygens (including phenoxy) is 5. The van der Waals surface area contributed by atoms with Crippen molar-refractivity contribution in [1.29, 1.82) is 0 Å². The second-order valence-corrected chi connectivity index (χ2v) is 10.2. The van der Waals surface area contributed by atoms with E-state index < -0.39 is 84.9 Å². The SMILES string of the molecule is COc1ccc(-c2oc3cc(OC4C(O)OC(C)C(O)C4O)cc(O)c3c(=O)c2OC2OC(CO)C(O)C(O)C2O)cc1. The lowest BCUT2D eigenvalue weighted by Gasteiger charge is -2.39. The average Bonchev–Trinajstić information content (AvgIpc) is 2.99. The van der Waals surface area contributed by atoms with Crippen molar-refractivity contribution in [3.63, 3.8) is 0 Å². The molecule has 0 radical (unpaired) electrons. The van der Waals surface area contributed by atoms with Gasteiger partial charge in [-0.25, -0.2) is 0 Å². The van der Waals surface area contributed by atoms with Crippen LogP contribution in [0.15, 0.2) is 45.6 Å². The molecule has 5 rings (SSSR count). The minimum absolute atomic E-state index is 0.162. The van der Waals surface area contributed by atoms with E-state index in [1.54, 1.807) is 12.1 Å². The van der Waals surface area contributed by atoms with Gasteiger partial charge in [0.1, 0.15) is 64.8 Å². The van der Waals surface area contributed by atoms with E-state index >= 15 is 0 Å². The van der Waals surface area contributed by atoms with Gasteiger partial charge in [-0.15, -0.1) is 0 Å². The fraction of sp³-hybridized carbons (Fsp3) is 0.464. The Kier molecular flexibility index (Phi) is 8.80. The molecule has 2 aliphatic rings. The van der Waals surface area contributed by atoms with E-state index in [1.807, 2.05) is 0 Å². The van der Waals surface area contributed by atoms with Crippen LogP contribution in [0.1, 0.15) is 6.92 Å². The van der Waals surface area contributed by atoms with E-state index in [9.17, 15) is 45.6 Å². The molecule has 0 amide bonds. The van der Waals surface area contributed by atoms with Gasteiger partial charge in [0.2, 0.25) is 17.5 Å². The highest BCUT2D eigenvalue weighted by Gasteiger charge is 2.46. The third kappa shape index (κ3) is 5.74. The molecule has 3 heterocycles. The summed E-state index contributed by atoms with van der Waals surface area (Å²) in [7, 11) is 1.45. The second-order valence-electron chi connectivity index (χ2n) is 10.2. The molecular formula is C28H32O15. The number of aliphatic hydroxyl groups is 7. The predicted octanol–water partition coefficient (Wildman–Crippen LogP) is -1.44. The summed E-state index contributed by atoms with van der Waals surface area (Å²) in [6.07, 6.45) is -15.3. The highest BCUT2D eigenvalue weighted by molar-refractivity contribution is 5.88. The number of fused-ring (bicyclic) bond motifs is 1. The number of rotatable bonds is 7. The molecule has 3 aromatic rings. The van der Waals surface area contributed by atoms with Crippen molar-refractivity contribution in [3.8, 4) is 34.3 Å². The van der Waals surface area contributed by atoms with Gasteiger partial charge < -0.3 is 69.0 Å². The molecule has 2 saturated heterocycles. The average molecular weight is 609 g/mol. The Labute approximate surface area is 243 Å². The van der Waals surface area contributed by atoms with Crippen LogP contribution in [0.2, 0.25) is 0 Å². The Morgan fingerprint density at radius 1 is 0.837 bits per heavy atom. The topological polar surface area (TPSA) is 238 Å². The van der Waals surface area contributed by atoms with E-state index in [-0.39, 0.29) is 28.0 Å². The van der Waals surface area contributed by atoms with Crippen molar-refractivity contribution in [1.82, 2.24) is 0 Å². The summed E-state index contributed by atoms with van der Waals surface area (Å²) in [6, 6.07) is 8.38. The van der Waals surface area contributed by atoms with Crippen LogP contribution >= 0.6 is 0 Å². The van der Waals surface area contributed by atoms with Crippen molar-refractivity contribution in [3.05, 3.63) is 46.6 Å². The first-order chi connectivity index (χ1) is 20.4. The number of hydrogen-bond acceptors (Lipinski definition) is 15. The summed E-state index contributed by atoms with van der Waals surface area (Å²) in [6.45, 7) is 0.714. The van der Waals surface area contributed by atoms with Crippen LogP contribution in [0.5, 0.6) is 23.0 Å². The van der Waals surface area contributed by atoms with Gasteiger partial charge in [0.15, 0.2) is 18.2 Å². The molecule has 0 saturated carbocycles. The molecule has 8 N–H and O–H groups in total. The molecular weight excluding hydrogens is 576 g/mol. The molecule has 15 nitrogen and oxygen atoms in total. The van der Waals surface area contributed by atoms with Gasteiger partial charge >= 0.3 is 0 Å². The smallest absolute Gasteiger partial charge is 0.239 e. The van der Waals surface area contributed by atoms with Crippen molar-refractivity contribution in [2.75, 3.05) is 13.7 Å². The number of hydrogen-bond donors (Lipinski definition) is 8. The molecule has 0 aliphatic carbocycles. The number of phenols is 1. The third-order valence-electron chi connectivity index (χ3n) is 7.42. The Balaban J connectivity index is 1.60. The summed E-state index contributed by atoms with van der Waals surface area (Å²) in [5.41, 5.74) is -0.881. The standard InChI is InChI=1S/C28H32O15/c1-10-18(31)22(35)26(27(37)39-10)40-13-7-14(30)17-15(8-13)41-24(11-3-5-12(38-2)6-4-11)25(20(17)33)43-28-23(36)21(34)19(32)16(9-29)42-28/h3-8,10,16,18-19,21-23,26-32,34-37H,9H2,1-2H3. The molecule has 1 aromatic heterocycles. The lowest BCUT2D eigenvalue weighted by Crippen LogP contribution is -2.60. The van der Waals surface area contributed by atoms with Gasteiger partial charge in [-0.3, -0.25) is 4.79 Å². The van der Waals surface area contributed by atoms with Gasteiger partial charge in [-0.2, -0.15) is 0 Å². The van der Waals surface area contributed by atoms with Gasteiger partial charge in [0.05, 0.1) is 19.8 Å². The first-order valence-corrected chi connectivity index (χ1v) is 13.3. The van der Waals surface area contributed by atoms with E-state index in [0.717, 1.165) is 6.07 Å². The third-order valence-corrected chi connectivity index (χ3v) is 7.42. The number of aliphatic hydroxyl groups excluding tert-OH is 7. The fourth-order valence-corrected chi connectivity index (χ4v) is 4.95. The van der Waals surface area contributed by atoms with Crippen molar-refractivity contribution < 1.29 is 69.0 Å². The summed E-state index contributed by atoms with van der Waals surface area (Å²) in [4.78, 5) is 13.8. The summed E-state index contributed by atoms with van der Waals surface area (Å²) < 4.78 is 33.1. The lowest BCUT2D eigenvalue weighted by molar-refractivity contribution is -0.277. The first-order valence-electron chi connectivity index (χ1n) is 13.3. The zero-order valence-corrected chi connectivity index (χ0v) is 22.9. The number of methoxy groups -OCH3 is 1. The number of benzene rings is 2. The van der Waals surface area contributed by atoms with Crippen LogP contribution in [-0.2, 0) is 9.47 Å². The van der Waals surface area contributed by atoms with Crippen LogP contribution < -0.4 is 19.6 Å². The highest BCUT2D eigenvalue weighted by Crippen LogP contribution is 2.38. The van der Waals surface area contributed by atoms with Crippen LogP contribution in [-0.4, -0.2) is 116 Å². The summed E-state index contributed by atoms with van der Waals surface area (Å²) in [5, 5.41) is 81.7. The molecule has 15 heteroatoms. The van der Waals surface area contributed by atoms with Gasteiger partial charge in [0.25, 0.3) is 0 Å². The maximum Gasteiger partial charge on any atom is 0.239 e. The molecule has 10 atom stereocenters. The van der Waals surface area contributed by atoms with E-state index in [4.69, 9.17) is 28.1 Å². The van der Waals surface area contributed by atoms with Gasteiger partial charge in [0, 0.05) is 17.7 Å².